The fourth-order valence-electron chi connectivity index (χ4n) is 2.30. The van der Waals surface area contributed by atoms with E-state index >= 15 is 0 Å². The van der Waals surface area contributed by atoms with E-state index in [1.807, 2.05) is 44.2 Å². The Balaban J connectivity index is 1.90. The topological polar surface area (TPSA) is 66.4 Å². The van der Waals surface area contributed by atoms with Crippen LogP contribution in [0.25, 0.3) is 0 Å². The third-order valence-corrected chi connectivity index (χ3v) is 4.86. The summed E-state index contributed by atoms with van der Waals surface area (Å²) in [5.41, 5.74) is 1.28. The molecule has 0 unspecified atom stereocenters. The van der Waals surface area contributed by atoms with Gasteiger partial charge in [0.25, 0.3) is 5.91 Å². The quantitative estimate of drug-likeness (QED) is 0.689. The third-order valence-electron chi connectivity index (χ3n) is 3.78. The first-order valence-electron chi connectivity index (χ1n) is 8.17. The van der Waals surface area contributed by atoms with Gasteiger partial charge in [0.2, 0.25) is 0 Å². The summed E-state index contributed by atoms with van der Waals surface area (Å²) >= 11 is 1.72. The molecule has 0 spiro atoms. The van der Waals surface area contributed by atoms with Crippen molar-refractivity contribution in [1.82, 2.24) is 5.32 Å². The van der Waals surface area contributed by atoms with Crippen molar-refractivity contribution < 1.29 is 14.7 Å². The zero-order valence-corrected chi connectivity index (χ0v) is 15.3. The lowest BCUT2D eigenvalue weighted by molar-refractivity contribution is -0.137. The highest BCUT2D eigenvalue weighted by Gasteiger charge is 2.22. The summed E-state index contributed by atoms with van der Waals surface area (Å²) in [6, 6.07) is 17.7. The first-order valence-corrected chi connectivity index (χ1v) is 9.15. The van der Waals surface area contributed by atoms with Gasteiger partial charge in [-0.3, -0.25) is 9.59 Å². The molecule has 0 saturated carbocycles. The fourth-order valence-corrected chi connectivity index (χ4v) is 3.16. The first-order chi connectivity index (χ1) is 11.9. The highest BCUT2D eigenvalue weighted by atomic mass is 32.2. The van der Waals surface area contributed by atoms with Gasteiger partial charge >= 0.3 is 5.97 Å². The standard InChI is InChI=1S/C20H23NO3S/c1-20(2,13-12-18(22)23)21-19(24)16-8-10-17(11-9-16)25-14-15-6-4-3-5-7-15/h3-11H,12-14H2,1-2H3,(H,21,24)(H,22,23). The normalized spacial score (nSPS) is 11.1. The molecule has 5 heteroatoms. The molecule has 0 radical (unpaired) electrons. The molecule has 0 aliphatic rings. The zero-order chi connectivity index (χ0) is 18.3. The SMILES string of the molecule is CC(C)(CCC(=O)O)NC(=O)c1ccc(SCc2ccccc2)cc1. The van der Waals surface area contributed by atoms with Crippen LogP contribution in [0.15, 0.2) is 59.5 Å². The molecule has 132 valence electrons. The number of carboxylic acid groups (broad SMARTS) is 1. The van der Waals surface area contributed by atoms with Crippen molar-refractivity contribution in [2.75, 3.05) is 0 Å². The van der Waals surface area contributed by atoms with Crippen LogP contribution in [0.1, 0.15) is 42.6 Å². The number of nitrogens with one attached hydrogen (secondary N) is 1. The lowest BCUT2D eigenvalue weighted by atomic mass is 9.98. The number of benzene rings is 2. The smallest absolute Gasteiger partial charge is 0.303 e. The Hall–Kier alpha value is -2.27. The van der Waals surface area contributed by atoms with Gasteiger partial charge in [-0.2, -0.15) is 0 Å². The van der Waals surface area contributed by atoms with Crippen LogP contribution in [0, 0.1) is 0 Å². The van der Waals surface area contributed by atoms with E-state index in [4.69, 9.17) is 5.11 Å². The van der Waals surface area contributed by atoms with E-state index in [0.29, 0.717) is 12.0 Å². The predicted molar refractivity (Wildman–Crippen MR) is 101 cm³/mol. The lowest BCUT2D eigenvalue weighted by Gasteiger charge is -2.25. The minimum absolute atomic E-state index is 0.0301. The van der Waals surface area contributed by atoms with Crippen LogP contribution < -0.4 is 5.32 Å². The molecule has 2 aromatic rings. The van der Waals surface area contributed by atoms with Gasteiger partial charge in [0.05, 0.1) is 0 Å². The van der Waals surface area contributed by atoms with Crippen molar-refractivity contribution in [3.8, 4) is 0 Å². The van der Waals surface area contributed by atoms with Gasteiger partial charge < -0.3 is 10.4 Å². The molecule has 0 aromatic heterocycles. The van der Waals surface area contributed by atoms with Crippen LogP contribution in [-0.2, 0) is 10.5 Å². The Morgan fingerprint density at radius 3 is 2.28 bits per heavy atom. The number of aliphatic carboxylic acids is 1. The van der Waals surface area contributed by atoms with Crippen LogP contribution in [0.2, 0.25) is 0 Å². The molecule has 0 atom stereocenters. The molecule has 2 aromatic carbocycles. The lowest BCUT2D eigenvalue weighted by Crippen LogP contribution is -2.43. The van der Waals surface area contributed by atoms with Crippen LogP contribution >= 0.6 is 11.8 Å². The Morgan fingerprint density at radius 2 is 1.68 bits per heavy atom. The van der Waals surface area contributed by atoms with Crippen molar-refractivity contribution in [3.05, 3.63) is 65.7 Å². The number of hydrogen-bond acceptors (Lipinski definition) is 3. The molecule has 0 fully saturated rings. The maximum atomic E-state index is 12.3. The Morgan fingerprint density at radius 1 is 1.04 bits per heavy atom. The van der Waals surface area contributed by atoms with Crippen LogP contribution in [0.4, 0.5) is 0 Å². The Bertz CT molecular complexity index is 711. The summed E-state index contributed by atoms with van der Waals surface area (Å²) in [6.45, 7) is 3.66. The van der Waals surface area contributed by atoms with Gasteiger partial charge in [-0.15, -0.1) is 11.8 Å². The fraction of sp³-hybridized carbons (Fsp3) is 0.300. The summed E-state index contributed by atoms with van der Waals surface area (Å²) < 4.78 is 0. The zero-order valence-electron chi connectivity index (χ0n) is 14.5. The van der Waals surface area contributed by atoms with Crippen molar-refractivity contribution in [3.63, 3.8) is 0 Å². The summed E-state index contributed by atoms with van der Waals surface area (Å²) in [5.74, 6) is -0.161. The number of carbonyl (C=O) groups is 2. The molecule has 0 heterocycles. The monoisotopic (exact) mass is 357 g/mol. The highest BCUT2D eigenvalue weighted by Crippen LogP contribution is 2.23. The highest BCUT2D eigenvalue weighted by molar-refractivity contribution is 7.98. The maximum absolute atomic E-state index is 12.3. The molecule has 0 aliphatic carbocycles. The molecule has 0 aliphatic heterocycles. The summed E-state index contributed by atoms with van der Waals surface area (Å²) in [4.78, 5) is 24.1. The minimum atomic E-state index is -0.859. The van der Waals surface area contributed by atoms with Crippen molar-refractivity contribution in [2.45, 2.75) is 42.9 Å². The maximum Gasteiger partial charge on any atom is 0.303 e. The molecule has 2 N–H and O–H groups in total. The number of carboxylic acids is 1. The van der Waals surface area contributed by atoms with E-state index in [1.165, 1.54) is 5.56 Å². The largest absolute Gasteiger partial charge is 0.481 e. The van der Waals surface area contributed by atoms with Crippen molar-refractivity contribution >= 4 is 23.6 Å². The molecular weight excluding hydrogens is 334 g/mol. The van der Waals surface area contributed by atoms with E-state index in [2.05, 4.69) is 17.4 Å². The van der Waals surface area contributed by atoms with Crippen molar-refractivity contribution in [2.24, 2.45) is 0 Å². The molecule has 1 amide bonds. The molecular formula is C20H23NO3S. The van der Waals surface area contributed by atoms with Crippen LogP contribution in [-0.4, -0.2) is 22.5 Å². The van der Waals surface area contributed by atoms with E-state index in [1.54, 1.807) is 23.9 Å². The van der Waals surface area contributed by atoms with Gasteiger partial charge in [0, 0.05) is 28.2 Å². The average molecular weight is 357 g/mol. The number of thioether (sulfide) groups is 1. The summed E-state index contributed by atoms with van der Waals surface area (Å²) in [6.07, 6.45) is 0.418. The van der Waals surface area contributed by atoms with E-state index in [0.717, 1.165) is 10.6 Å². The van der Waals surface area contributed by atoms with E-state index in [-0.39, 0.29) is 12.3 Å². The average Bonchev–Trinajstić information content (AvgIpc) is 2.59. The second-order valence-corrected chi connectivity index (χ2v) is 7.58. The van der Waals surface area contributed by atoms with Crippen LogP contribution in [0.5, 0.6) is 0 Å². The Kier molecular flexibility index (Phi) is 6.65. The third kappa shape index (κ3) is 6.63. The second kappa shape index (κ2) is 8.72. The van der Waals surface area contributed by atoms with Gasteiger partial charge in [-0.25, -0.2) is 0 Å². The van der Waals surface area contributed by atoms with E-state index in [9.17, 15) is 9.59 Å². The molecule has 25 heavy (non-hydrogen) atoms. The first kappa shape index (κ1) is 19.1. The summed E-state index contributed by atoms with van der Waals surface area (Å²) in [5, 5.41) is 11.7. The van der Waals surface area contributed by atoms with Gasteiger partial charge in [-0.1, -0.05) is 30.3 Å². The van der Waals surface area contributed by atoms with Gasteiger partial charge in [0.1, 0.15) is 0 Å². The molecule has 0 saturated heterocycles. The van der Waals surface area contributed by atoms with Gasteiger partial charge in [0.15, 0.2) is 0 Å². The minimum Gasteiger partial charge on any atom is -0.481 e. The predicted octanol–water partition coefficient (Wildman–Crippen LogP) is 4.35. The molecule has 0 bridgehead atoms. The number of rotatable bonds is 8. The summed E-state index contributed by atoms with van der Waals surface area (Å²) in [7, 11) is 0. The van der Waals surface area contributed by atoms with E-state index < -0.39 is 11.5 Å². The van der Waals surface area contributed by atoms with Crippen molar-refractivity contribution in [1.29, 1.82) is 0 Å². The number of amides is 1. The second-order valence-electron chi connectivity index (χ2n) is 6.53. The number of carbonyl (C=O) groups excluding carboxylic acids is 1. The molecule has 4 nitrogen and oxygen atoms in total. The number of hydrogen-bond donors (Lipinski definition) is 2. The van der Waals surface area contributed by atoms with Crippen LogP contribution in [0.3, 0.4) is 0 Å². The Labute approximate surface area is 152 Å². The molecule has 2 rings (SSSR count). The van der Waals surface area contributed by atoms with Gasteiger partial charge in [-0.05, 0) is 50.1 Å².